The zero-order chi connectivity index (χ0) is 19.2. The number of rotatable bonds is 7. The average Bonchev–Trinajstić information content (AvgIpc) is 2.61. The van der Waals surface area contributed by atoms with E-state index in [9.17, 15) is 4.79 Å². The van der Waals surface area contributed by atoms with E-state index in [0.29, 0.717) is 18.0 Å². The molecule has 0 saturated heterocycles. The maximum absolute atomic E-state index is 12.2. The number of benzene rings is 2. The molecule has 0 aliphatic carbocycles. The topological polar surface area (TPSA) is 73.6 Å². The number of methoxy groups -OCH3 is 1. The minimum atomic E-state index is -0.574. The van der Waals surface area contributed by atoms with E-state index in [-0.39, 0.29) is 11.3 Å². The van der Waals surface area contributed by atoms with Crippen LogP contribution in [0.15, 0.2) is 48.5 Å². The van der Waals surface area contributed by atoms with Gasteiger partial charge >= 0.3 is 0 Å². The summed E-state index contributed by atoms with van der Waals surface area (Å²) in [5.41, 5.74) is 7.58. The van der Waals surface area contributed by atoms with Gasteiger partial charge in [-0.05, 0) is 53.8 Å². The predicted octanol–water partition coefficient (Wildman–Crippen LogP) is 3.98. The Morgan fingerprint density at radius 1 is 1.04 bits per heavy atom. The molecule has 140 valence electrons. The fourth-order valence-electron chi connectivity index (χ4n) is 2.30. The fourth-order valence-corrected chi connectivity index (χ4v) is 2.30. The zero-order valence-corrected chi connectivity index (χ0v) is 15.9. The van der Waals surface area contributed by atoms with Gasteiger partial charge in [-0.2, -0.15) is 0 Å². The van der Waals surface area contributed by atoms with Crippen LogP contribution in [0.4, 0.5) is 5.69 Å². The molecule has 0 radical (unpaired) electrons. The molecule has 0 spiro atoms. The smallest absolute Gasteiger partial charge is 0.241 e. The average molecular weight is 356 g/mol. The highest BCUT2D eigenvalue weighted by Crippen LogP contribution is 2.24. The number of carbonyl (C=O) groups excluding carboxylic acids is 1. The van der Waals surface area contributed by atoms with Gasteiger partial charge in [0.25, 0.3) is 0 Å². The third kappa shape index (κ3) is 5.86. The van der Waals surface area contributed by atoms with E-state index in [2.05, 4.69) is 5.32 Å². The number of hydrogen-bond donors (Lipinski definition) is 2. The Kier molecular flexibility index (Phi) is 6.77. The number of nitrogens with two attached hydrogens (primary N) is 1. The lowest BCUT2D eigenvalue weighted by molar-refractivity contribution is -0.119. The van der Waals surface area contributed by atoms with Gasteiger partial charge in [-0.3, -0.25) is 4.79 Å². The summed E-state index contributed by atoms with van der Waals surface area (Å²) < 4.78 is 10.9. The maximum Gasteiger partial charge on any atom is 0.241 e. The first-order chi connectivity index (χ1) is 12.3. The second kappa shape index (κ2) is 8.83. The van der Waals surface area contributed by atoms with Gasteiger partial charge in [-0.25, -0.2) is 0 Å². The Bertz CT molecular complexity index is 704. The summed E-state index contributed by atoms with van der Waals surface area (Å²) in [7, 11) is 1.69. The second-order valence-electron chi connectivity index (χ2n) is 7.35. The van der Waals surface area contributed by atoms with Gasteiger partial charge in [-0.15, -0.1) is 0 Å². The molecule has 0 aliphatic heterocycles. The number of hydrogen-bond acceptors (Lipinski definition) is 4. The van der Waals surface area contributed by atoms with E-state index < -0.39 is 6.04 Å². The van der Waals surface area contributed by atoms with Gasteiger partial charge in [-0.1, -0.05) is 32.9 Å². The molecule has 5 nitrogen and oxygen atoms in total. The lowest BCUT2D eigenvalue weighted by atomic mass is 9.87. The van der Waals surface area contributed by atoms with Crippen LogP contribution in [0.5, 0.6) is 11.5 Å². The van der Waals surface area contributed by atoms with Crippen molar-refractivity contribution < 1.29 is 14.3 Å². The van der Waals surface area contributed by atoms with E-state index in [1.807, 2.05) is 57.2 Å². The highest BCUT2D eigenvalue weighted by Gasteiger charge is 2.27. The molecule has 2 rings (SSSR count). The Balaban J connectivity index is 1.94. The molecule has 0 fully saturated rings. The molecule has 0 aliphatic rings. The Morgan fingerprint density at radius 3 is 2.08 bits per heavy atom. The number of nitrogens with one attached hydrogen (secondary N) is 1. The van der Waals surface area contributed by atoms with Crippen molar-refractivity contribution in [2.24, 2.45) is 11.1 Å². The first kappa shape index (κ1) is 19.9. The SMILES string of the molecule is COCCc1ccc(Oc2ccc(NC(=O)[C@@H](N)C(C)(C)C)cc2)cc1. The number of carbonyl (C=O) groups is 1. The third-order valence-corrected chi connectivity index (χ3v) is 4.09. The van der Waals surface area contributed by atoms with Crippen molar-refractivity contribution in [3.63, 3.8) is 0 Å². The first-order valence-corrected chi connectivity index (χ1v) is 8.72. The largest absolute Gasteiger partial charge is 0.457 e. The van der Waals surface area contributed by atoms with Gasteiger partial charge < -0.3 is 20.5 Å². The van der Waals surface area contributed by atoms with Gasteiger partial charge in [0.2, 0.25) is 5.91 Å². The molecule has 5 heteroatoms. The van der Waals surface area contributed by atoms with Crippen molar-refractivity contribution in [2.75, 3.05) is 19.0 Å². The number of anilines is 1. The molecule has 0 heterocycles. The summed E-state index contributed by atoms with van der Waals surface area (Å²) >= 11 is 0. The normalized spacial score (nSPS) is 12.5. The lowest BCUT2D eigenvalue weighted by Gasteiger charge is -2.25. The molecule has 2 aromatic carbocycles. The van der Waals surface area contributed by atoms with Crippen LogP contribution < -0.4 is 15.8 Å². The van der Waals surface area contributed by atoms with Crippen LogP contribution in [0.2, 0.25) is 0 Å². The Labute approximate surface area is 155 Å². The summed E-state index contributed by atoms with van der Waals surface area (Å²) in [5, 5.41) is 2.83. The van der Waals surface area contributed by atoms with Crippen LogP contribution in [0, 0.1) is 5.41 Å². The van der Waals surface area contributed by atoms with E-state index in [1.54, 1.807) is 19.2 Å². The molecule has 1 atom stereocenters. The molecule has 0 unspecified atom stereocenters. The van der Waals surface area contributed by atoms with Crippen LogP contribution in [0.25, 0.3) is 0 Å². The highest BCUT2D eigenvalue weighted by atomic mass is 16.5. The molecule has 3 N–H and O–H groups in total. The van der Waals surface area contributed by atoms with Gasteiger partial charge in [0.15, 0.2) is 0 Å². The van der Waals surface area contributed by atoms with Crippen LogP contribution in [0.3, 0.4) is 0 Å². The fraction of sp³-hybridized carbons (Fsp3) is 0.381. The van der Waals surface area contributed by atoms with Gasteiger partial charge in [0, 0.05) is 12.8 Å². The van der Waals surface area contributed by atoms with Crippen molar-refractivity contribution in [2.45, 2.75) is 33.2 Å². The van der Waals surface area contributed by atoms with Gasteiger partial charge in [0.1, 0.15) is 11.5 Å². The third-order valence-electron chi connectivity index (χ3n) is 4.09. The zero-order valence-electron chi connectivity index (χ0n) is 15.9. The molecule has 1 amide bonds. The van der Waals surface area contributed by atoms with E-state index in [1.165, 1.54) is 5.56 Å². The van der Waals surface area contributed by atoms with E-state index >= 15 is 0 Å². The molecular weight excluding hydrogens is 328 g/mol. The van der Waals surface area contributed by atoms with Crippen molar-refractivity contribution in [1.82, 2.24) is 0 Å². The number of ether oxygens (including phenoxy) is 2. The first-order valence-electron chi connectivity index (χ1n) is 8.72. The standard InChI is InChI=1S/C21H28N2O3/c1-21(2,3)19(22)20(24)23-16-7-11-18(12-8-16)26-17-9-5-15(6-10-17)13-14-25-4/h5-12,19H,13-14,22H2,1-4H3,(H,23,24)/t19-/m1/s1. The van der Waals surface area contributed by atoms with Crippen LogP contribution in [0.1, 0.15) is 26.3 Å². The monoisotopic (exact) mass is 356 g/mol. The Hall–Kier alpha value is -2.37. The van der Waals surface area contributed by atoms with Crippen molar-refractivity contribution in [3.8, 4) is 11.5 Å². The minimum Gasteiger partial charge on any atom is -0.457 e. The molecule has 0 aromatic heterocycles. The molecule has 0 saturated carbocycles. The van der Waals surface area contributed by atoms with E-state index in [4.69, 9.17) is 15.2 Å². The molecule has 2 aromatic rings. The van der Waals surface area contributed by atoms with Crippen molar-refractivity contribution in [3.05, 3.63) is 54.1 Å². The summed E-state index contributed by atoms with van der Waals surface area (Å²) in [6.45, 7) is 6.52. The quantitative estimate of drug-likeness (QED) is 0.787. The molecular formula is C21H28N2O3. The van der Waals surface area contributed by atoms with Crippen LogP contribution in [-0.4, -0.2) is 25.7 Å². The van der Waals surface area contributed by atoms with Gasteiger partial charge in [0.05, 0.1) is 12.6 Å². The van der Waals surface area contributed by atoms with Crippen LogP contribution >= 0.6 is 0 Å². The van der Waals surface area contributed by atoms with Crippen molar-refractivity contribution in [1.29, 1.82) is 0 Å². The van der Waals surface area contributed by atoms with Crippen molar-refractivity contribution >= 4 is 11.6 Å². The maximum atomic E-state index is 12.2. The minimum absolute atomic E-state index is 0.196. The van der Waals surface area contributed by atoms with Crippen LogP contribution in [-0.2, 0) is 16.0 Å². The number of amides is 1. The van der Waals surface area contributed by atoms with E-state index in [0.717, 1.165) is 12.2 Å². The Morgan fingerprint density at radius 2 is 1.58 bits per heavy atom. The summed E-state index contributed by atoms with van der Waals surface area (Å²) in [5.74, 6) is 1.27. The molecule has 26 heavy (non-hydrogen) atoms. The predicted molar refractivity (Wildman–Crippen MR) is 105 cm³/mol. The molecule has 0 bridgehead atoms. The lowest BCUT2D eigenvalue weighted by Crippen LogP contribution is -2.45. The summed E-state index contributed by atoms with van der Waals surface area (Å²) in [6, 6.07) is 14.6. The highest BCUT2D eigenvalue weighted by molar-refractivity contribution is 5.95. The summed E-state index contributed by atoms with van der Waals surface area (Å²) in [6.07, 6.45) is 0.877. The summed E-state index contributed by atoms with van der Waals surface area (Å²) in [4.78, 5) is 12.2. The second-order valence-corrected chi connectivity index (χ2v) is 7.35.